The number of nitrogens with one attached hydrogen (secondary N) is 2. The van der Waals surface area contributed by atoms with Crippen LogP contribution >= 0.6 is 0 Å². The van der Waals surface area contributed by atoms with Gasteiger partial charge in [-0.1, -0.05) is 26.0 Å². The molecule has 0 aliphatic heterocycles. The number of benzene rings is 2. The Morgan fingerprint density at radius 1 is 1.04 bits per heavy atom. The first-order chi connectivity index (χ1) is 12.3. The van der Waals surface area contributed by atoms with Crippen molar-refractivity contribution in [3.63, 3.8) is 0 Å². The number of carbonyl (C=O) groups excluding carboxylic acids is 1. The number of hydrogen-bond donors (Lipinski definition) is 2. The maximum absolute atomic E-state index is 12.9. The molecule has 0 heterocycles. The number of hydrogen-bond acceptors (Lipinski definition) is 3. The molecule has 0 radical (unpaired) electrons. The Balaban J connectivity index is 1.92. The minimum atomic E-state index is -3.72. The van der Waals surface area contributed by atoms with E-state index in [0.717, 1.165) is 24.1 Å². The minimum absolute atomic E-state index is 0.0000467. The maximum Gasteiger partial charge on any atom is 0.251 e. The van der Waals surface area contributed by atoms with Gasteiger partial charge in [0.05, 0.1) is 4.90 Å². The van der Waals surface area contributed by atoms with Gasteiger partial charge in [0.2, 0.25) is 10.0 Å². The van der Waals surface area contributed by atoms with E-state index in [0.29, 0.717) is 18.0 Å². The second-order valence-corrected chi connectivity index (χ2v) is 8.18. The lowest BCUT2D eigenvalue weighted by molar-refractivity contribution is 0.0952. The molecule has 0 unspecified atom stereocenters. The maximum atomic E-state index is 12.9. The quantitative estimate of drug-likeness (QED) is 0.741. The number of sulfonamides is 1. The summed E-state index contributed by atoms with van der Waals surface area (Å²) in [7, 11) is -3.72. The van der Waals surface area contributed by atoms with Gasteiger partial charge in [-0.2, -0.15) is 0 Å². The lowest BCUT2D eigenvalue weighted by Crippen LogP contribution is -2.25. The molecular formula is C19H23FN2O3S. The van der Waals surface area contributed by atoms with Crippen LogP contribution in [0.15, 0.2) is 53.4 Å². The van der Waals surface area contributed by atoms with Crippen LogP contribution in [-0.4, -0.2) is 20.9 Å². The smallest absolute Gasteiger partial charge is 0.251 e. The van der Waals surface area contributed by atoms with Crippen LogP contribution in [0.25, 0.3) is 0 Å². The third kappa shape index (κ3) is 5.93. The molecule has 0 aliphatic rings. The summed E-state index contributed by atoms with van der Waals surface area (Å²) >= 11 is 0. The van der Waals surface area contributed by atoms with E-state index in [1.807, 2.05) is 0 Å². The first kappa shape index (κ1) is 20.1. The fraction of sp³-hybridized carbons (Fsp3) is 0.316. The first-order valence-corrected chi connectivity index (χ1v) is 9.88. The highest BCUT2D eigenvalue weighted by molar-refractivity contribution is 7.89. The van der Waals surface area contributed by atoms with Gasteiger partial charge in [-0.05, 0) is 54.3 Å². The summed E-state index contributed by atoms with van der Waals surface area (Å²) in [6, 6.07) is 11.3. The highest BCUT2D eigenvalue weighted by Gasteiger charge is 2.13. The lowest BCUT2D eigenvalue weighted by atomic mass is 10.1. The molecule has 2 aromatic carbocycles. The molecule has 0 atom stereocenters. The van der Waals surface area contributed by atoms with E-state index in [-0.39, 0.29) is 17.3 Å². The molecule has 140 valence electrons. The van der Waals surface area contributed by atoms with Gasteiger partial charge in [-0.25, -0.2) is 17.5 Å². The zero-order valence-electron chi connectivity index (χ0n) is 14.8. The van der Waals surface area contributed by atoms with E-state index < -0.39 is 15.8 Å². The molecule has 2 rings (SSSR count). The second kappa shape index (κ2) is 8.91. The van der Waals surface area contributed by atoms with Crippen LogP contribution in [0.5, 0.6) is 0 Å². The molecule has 2 N–H and O–H groups in total. The van der Waals surface area contributed by atoms with Gasteiger partial charge < -0.3 is 5.32 Å². The van der Waals surface area contributed by atoms with Crippen LogP contribution in [0, 0.1) is 11.7 Å². The van der Waals surface area contributed by atoms with E-state index in [1.54, 1.807) is 24.3 Å². The molecule has 0 spiro atoms. The standard InChI is InChI=1S/C19H23FN2O3S/c1-14(2)11-12-21-19(23)16-5-3-15(4-6-16)13-22-26(24,25)18-9-7-17(20)8-10-18/h3-10,14,22H,11-13H2,1-2H3,(H,21,23). The van der Waals surface area contributed by atoms with Gasteiger partial charge in [-0.15, -0.1) is 0 Å². The van der Waals surface area contributed by atoms with Gasteiger partial charge in [0.25, 0.3) is 5.91 Å². The largest absolute Gasteiger partial charge is 0.352 e. The van der Waals surface area contributed by atoms with Gasteiger partial charge in [0.15, 0.2) is 0 Å². The molecule has 0 bridgehead atoms. The van der Waals surface area contributed by atoms with Crippen molar-refractivity contribution in [1.29, 1.82) is 0 Å². The summed E-state index contributed by atoms with van der Waals surface area (Å²) in [5, 5.41) is 2.85. The molecule has 26 heavy (non-hydrogen) atoms. The first-order valence-electron chi connectivity index (χ1n) is 8.40. The van der Waals surface area contributed by atoms with Crippen LogP contribution in [0.1, 0.15) is 36.2 Å². The Kier molecular flexibility index (Phi) is 6.88. The van der Waals surface area contributed by atoms with Crippen LogP contribution in [0.2, 0.25) is 0 Å². The van der Waals surface area contributed by atoms with Crippen LogP contribution in [0.4, 0.5) is 4.39 Å². The molecular weight excluding hydrogens is 355 g/mol. The van der Waals surface area contributed by atoms with Gasteiger partial charge in [0.1, 0.15) is 5.82 Å². The second-order valence-electron chi connectivity index (χ2n) is 6.41. The predicted octanol–water partition coefficient (Wildman–Crippen LogP) is 3.08. The van der Waals surface area contributed by atoms with Crippen molar-refractivity contribution in [2.75, 3.05) is 6.54 Å². The SMILES string of the molecule is CC(C)CCNC(=O)c1ccc(CNS(=O)(=O)c2ccc(F)cc2)cc1. The van der Waals surface area contributed by atoms with Crippen LogP contribution in [-0.2, 0) is 16.6 Å². The fourth-order valence-corrected chi connectivity index (χ4v) is 3.24. The molecule has 1 amide bonds. The number of amides is 1. The summed E-state index contributed by atoms with van der Waals surface area (Å²) in [5.41, 5.74) is 1.24. The van der Waals surface area contributed by atoms with Crippen LogP contribution in [0.3, 0.4) is 0 Å². The van der Waals surface area contributed by atoms with Gasteiger partial charge in [-0.3, -0.25) is 4.79 Å². The van der Waals surface area contributed by atoms with E-state index >= 15 is 0 Å². The van der Waals surface area contributed by atoms with E-state index in [4.69, 9.17) is 0 Å². The average molecular weight is 378 g/mol. The van der Waals surface area contributed by atoms with Crippen molar-refractivity contribution in [3.05, 3.63) is 65.5 Å². The van der Waals surface area contributed by atoms with Crippen molar-refractivity contribution in [3.8, 4) is 0 Å². The summed E-state index contributed by atoms with van der Waals surface area (Å²) in [6.45, 7) is 4.88. The summed E-state index contributed by atoms with van der Waals surface area (Å²) < 4.78 is 39.7. The summed E-state index contributed by atoms with van der Waals surface area (Å²) in [4.78, 5) is 12.0. The third-order valence-electron chi connectivity index (χ3n) is 3.81. The summed E-state index contributed by atoms with van der Waals surface area (Å²) in [6.07, 6.45) is 0.912. The van der Waals surface area contributed by atoms with Gasteiger partial charge in [0, 0.05) is 18.7 Å². The van der Waals surface area contributed by atoms with Crippen molar-refractivity contribution in [1.82, 2.24) is 10.0 Å². The Morgan fingerprint density at radius 3 is 2.23 bits per heavy atom. The molecule has 0 fully saturated rings. The monoisotopic (exact) mass is 378 g/mol. The molecule has 0 aromatic heterocycles. The van der Waals surface area contributed by atoms with Gasteiger partial charge >= 0.3 is 0 Å². The Bertz CT molecular complexity index is 832. The summed E-state index contributed by atoms with van der Waals surface area (Å²) in [5.74, 6) is -0.123. The normalized spacial score (nSPS) is 11.5. The molecule has 2 aromatic rings. The average Bonchev–Trinajstić information content (AvgIpc) is 2.60. The van der Waals surface area contributed by atoms with E-state index in [2.05, 4.69) is 23.9 Å². The highest BCUT2D eigenvalue weighted by Crippen LogP contribution is 2.11. The Hall–Kier alpha value is -2.25. The number of halogens is 1. The highest BCUT2D eigenvalue weighted by atomic mass is 32.2. The Morgan fingerprint density at radius 2 is 1.65 bits per heavy atom. The fourth-order valence-electron chi connectivity index (χ4n) is 2.23. The molecule has 0 aliphatic carbocycles. The van der Waals surface area contributed by atoms with Crippen molar-refractivity contribution < 1.29 is 17.6 Å². The number of rotatable bonds is 8. The van der Waals surface area contributed by atoms with Crippen molar-refractivity contribution in [2.45, 2.75) is 31.7 Å². The van der Waals surface area contributed by atoms with Crippen molar-refractivity contribution >= 4 is 15.9 Å². The third-order valence-corrected chi connectivity index (χ3v) is 5.23. The lowest BCUT2D eigenvalue weighted by Gasteiger charge is -2.09. The Labute approximate surface area is 153 Å². The minimum Gasteiger partial charge on any atom is -0.352 e. The molecule has 5 nitrogen and oxygen atoms in total. The van der Waals surface area contributed by atoms with E-state index in [1.165, 1.54) is 12.1 Å². The van der Waals surface area contributed by atoms with Crippen LogP contribution < -0.4 is 10.0 Å². The molecule has 0 saturated heterocycles. The topological polar surface area (TPSA) is 75.3 Å². The van der Waals surface area contributed by atoms with Crippen molar-refractivity contribution in [2.24, 2.45) is 5.92 Å². The zero-order valence-corrected chi connectivity index (χ0v) is 15.6. The molecule has 7 heteroatoms. The van der Waals surface area contributed by atoms with E-state index in [9.17, 15) is 17.6 Å². The molecule has 0 saturated carbocycles. The zero-order chi connectivity index (χ0) is 19.2. The number of carbonyl (C=O) groups is 1. The predicted molar refractivity (Wildman–Crippen MR) is 98.7 cm³/mol.